The van der Waals surface area contributed by atoms with E-state index < -0.39 is 0 Å². The number of benzene rings is 1. The van der Waals surface area contributed by atoms with Gasteiger partial charge >= 0.3 is 0 Å². The molecule has 2 N–H and O–H groups in total. The van der Waals surface area contributed by atoms with Gasteiger partial charge < -0.3 is 15.4 Å². The minimum Gasteiger partial charge on any atom is -0.497 e. The average molecular weight is 278 g/mol. The van der Waals surface area contributed by atoms with Crippen molar-refractivity contribution in [2.45, 2.75) is 45.7 Å². The molecular formula is C17H30N2O. The molecule has 2 unspecified atom stereocenters. The second-order valence-corrected chi connectivity index (χ2v) is 6.06. The molecule has 0 bridgehead atoms. The SMILES string of the molecule is COc1cccc(CN(C)CC(C)CCCC(C)N)c1. The van der Waals surface area contributed by atoms with Gasteiger partial charge in [-0.25, -0.2) is 0 Å². The largest absolute Gasteiger partial charge is 0.497 e. The standard InChI is InChI=1S/C17H30N2O/c1-14(7-5-8-15(2)18)12-19(3)13-16-9-6-10-17(11-16)20-4/h6,9-11,14-15H,5,7-8,12-13,18H2,1-4H3. The highest BCUT2D eigenvalue weighted by molar-refractivity contribution is 5.28. The molecule has 0 aliphatic rings. The van der Waals surface area contributed by atoms with E-state index in [0.29, 0.717) is 12.0 Å². The lowest BCUT2D eigenvalue weighted by atomic mass is 10.0. The molecule has 0 radical (unpaired) electrons. The normalized spacial score (nSPS) is 14.3. The second kappa shape index (κ2) is 8.98. The van der Waals surface area contributed by atoms with Crippen LogP contribution in [0.1, 0.15) is 38.7 Å². The molecule has 0 saturated heterocycles. The lowest BCUT2D eigenvalue weighted by Gasteiger charge is -2.21. The minimum absolute atomic E-state index is 0.330. The van der Waals surface area contributed by atoms with E-state index in [2.05, 4.69) is 37.9 Å². The zero-order chi connectivity index (χ0) is 15.0. The molecule has 0 saturated carbocycles. The Bertz CT molecular complexity index is 379. The monoisotopic (exact) mass is 278 g/mol. The molecule has 0 heterocycles. The van der Waals surface area contributed by atoms with Crippen LogP contribution in [0.25, 0.3) is 0 Å². The fourth-order valence-electron chi connectivity index (χ4n) is 2.56. The molecule has 0 aromatic heterocycles. The number of hydrogen-bond donors (Lipinski definition) is 1. The van der Waals surface area contributed by atoms with Gasteiger partial charge in [-0.2, -0.15) is 0 Å². The molecule has 3 heteroatoms. The minimum atomic E-state index is 0.330. The van der Waals surface area contributed by atoms with Gasteiger partial charge in [0, 0.05) is 19.1 Å². The molecule has 0 aliphatic carbocycles. The van der Waals surface area contributed by atoms with Gasteiger partial charge in [0.05, 0.1) is 7.11 Å². The summed E-state index contributed by atoms with van der Waals surface area (Å²) in [4.78, 5) is 2.38. The van der Waals surface area contributed by atoms with E-state index in [4.69, 9.17) is 10.5 Å². The summed E-state index contributed by atoms with van der Waals surface area (Å²) in [7, 11) is 3.89. The van der Waals surface area contributed by atoms with Crippen molar-refractivity contribution in [2.24, 2.45) is 11.7 Å². The van der Waals surface area contributed by atoms with Crippen molar-refractivity contribution in [3.8, 4) is 5.75 Å². The number of methoxy groups -OCH3 is 1. The Morgan fingerprint density at radius 1 is 1.25 bits per heavy atom. The summed E-state index contributed by atoms with van der Waals surface area (Å²) < 4.78 is 5.26. The third kappa shape index (κ3) is 6.92. The predicted octanol–water partition coefficient (Wildman–Crippen LogP) is 3.28. The highest BCUT2D eigenvalue weighted by atomic mass is 16.5. The summed E-state index contributed by atoms with van der Waals surface area (Å²) in [5.41, 5.74) is 7.09. The fourth-order valence-corrected chi connectivity index (χ4v) is 2.56. The van der Waals surface area contributed by atoms with Crippen LogP contribution >= 0.6 is 0 Å². The molecule has 20 heavy (non-hydrogen) atoms. The Balaban J connectivity index is 2.32. The van der Waals surface area contributed by atoms with Gasteiger partial charge in [0.25, 0.3) is 0 Å². The maximum absolute atomic E-state index is 5.79. The van der Waals surface area contributed by atoms with Crippen LogP contribution < -0.4 is 10.5 Å². The van der Waals surface area contributed by atoms with Crippen molar-refractivity contribution in [2.75, 3.05) is 20.7 Å². The van der Waals surface area contributed by atoms with E-state index in [1.807, 2.05) is 12.1 Å². The summed E-state index contributed by atoms with van der Waals surface area (Å²) in [6, 6.07) is 8.63. The number of hydrogen-bond acceptors (Lipinski definition) is 3. The molecule has 114 valence electrons. The summed E-state index contributed by atoms with van der Waals surface area (Å²) >= 11 is 0. The molecule has 1 aromatic rings. The molecule has 0 fully saturated rings. The van der Waals surface area contributed by atoms with Crippen LogP contribution in [-0.4, -0.2) is 31.6 Å². The third-order valence-electron chi connectivity index (χ3n) is 3.57. The van der Waals surface area contributed by atoms with Gasteiger partial charge in [-0.05, 0) is 50.4 Å². The van der Waals surface area contributed by atoms with Gasteiger partial charge in [-0.1, -0.05) is 25.5 Å². The topological polar surface area (TPSA) is 38.5 Å². The Kier molecular flexibility index (Phi) is 7.63. The number of ether oxygens (including phenoxy) is 1. The van der Waals surface area contributed by atoms with Crippen molar-refractivity contribution >= 4 is 0 Å². The zero-order valence-electron chi connectivity index (χ0n) is 13.4. The molecule has 0 amide bonds. The van der Waals surface area contributed by atoms with Crippen LogP contribution in [0.15, 0.2) is 24.3 Å². The number of rotatable bonds is 9. The van der Waals surface area contributed by atoms with Crippen LogP contribution in [0.5, 0.6) is 5.75 Å². The maximum Gasteiger partial charge on any atom is 0.119 e. The van der Waals surface area contributed by atoms with Gasteiger partial charge in [0.1, 0.15) is 5.75 Å². The molecule has 1 rings (SSSR count). The van der Waals surface area contributed by atoms with Gasteiger partial charge in [0.2, 0.25) is 0 Å². The van der Waals surface area contributed by atoms with Crippen LogP contribution in [0, 0.1) is 5.92 Å². The van der Waals surface area contributed by atoms with E-state index in [1.165, 1.54) is 18.4 Å². The zero-order valence-corrected chi connectivity index (χ0v) is 13.4. The van der Waals surface area contributed by atoms with Crippen molar-refractivity contribution in [3.05, 3.63) is 29.8 Å². The van der Waals surface area contributed by atoms with Gasteiger partial charge in [0.15, 0.2) is 0 Å². The van der Waals surface area contributed by atoms with E-state index in [9.17, 15) is 0 Å². The highest BCUT2D eigenvalue weighted by Gasteiger charge is 2.08. The quantitative estimate of drug-likeness (QED) is 0.753. The fraction of sp³-hybridized carbons (Fsp3) is 0.647. The summed E-state index contributed by atoms with van der Waals surface area (Å²) in [5.74, 6) is 1.64. The Morgan fingerprint density at radius 3 is 2.65 bits per heavy atom. The van der Waals surface area contributed by atoms with Crippen LogP contribution in [0.4, 0.5) is 0 Å². The lowest BCUT2D eigenvalue weighted by molar-refractivity contribution is 0.267. The number of nitrogens with two attached hydrogens (primary N) is 1. The van der Waals surface area contributed by atoms with Gasteiger partial charge in [-0.15, -0.1) is 0 Å². The van der Waals surface area contributed by atoms with Crippen LogP contribution in [0.3, 0.4) is 0 Å². The first-order valence-electron chi connectivity index (χ1n) is 7.58. The molecule has 0 spiro atoms. The van der Waals surface area contributed by atoms with Crippen molar-refractivity contribution in [3.63, 3.8) is 0 Å². The van der Waals surface area contributed by atoms with Crippen LogP contribution in [-0.2, 0) is 6.54 Å². The predicted molar refractivity (Wildman–Crippen MR) is 86.0 cm³/mol. The summed E-state index contributed by atoms with van der Waals surface area (Å²) in [6.45, 7) is 6.49. The molecule has 3 nitrogen and oxygen atoms in total. The summed E-state index contributed by atoms with van der Waals surface area (Å²) in [5, 5.41) is 0. The molecule has 1 aromatic carbocycles. The smallest absolute Gasteiger partial charge is 0.119 e. The van der Waals surface area contributed by atoms with Crippen LogP contribution in [0.2, 0.25) is 0 Å². The lowest BCUT2D eigenvalue weighted by Crippen LogP contribution is -2.24. The van der Waals surface area contributed by atoms with E-state index in [-0.39, 0.29) is 0 Å². The Morgan fingerprint density at radius 2 is 2.00 bits per heavy atom. The van der Waals surface area contributed by atoms with Crippen molar-refractivity contribution in [1.29, 1.82) is 0 Å². The van der Waals surface area contributed by atoms with E-state index in [0.717, 1.165) is 25.3 Å². The summed E-state index contributed by atoms with van der Waals surface area (Å²) in [6.07, 6.45) is 3.61. The maximum atomic E-state index is 5.79. The Labute approximate surface area is 124 Å². The average Bonchev–Trinajstić information content (AvgIpc) is 2.38. The van der Waals surface area contributed by atoms with Crippen molar-refractivity contribution in [1.82, 2.24) is 4.90 Å². The Hall–Kier alpha value is -1.06. The van der Waals surface area contributed by atoms with E-state index >= 15 is 0 Å². The molecule has 2 atom stereocenters. The van der Waals surface area contributed by atoms with E-state index in [1.54, 1.807) is 7.11 Å². The first-order valence-corrected chi connectivity index (χ1v) is 7.58. The second-order valence-electron chi connectivity index (χ2n) is 6.06. The van der Waals surface area contributed by atoms with Gasteiger partial charge in [-0.3, -0.25) is 0 Å². The highest BCUT2D eigenvalue weighted by Crippen LogP contribution is 2.15. The first-order chi connectivity index (χ1) is 9.51. The number of nitrogens with zero attached hydrogens (tertiary/aromatic N) is 1. The molecular weight excluding hydrogens is 248 g/mol. The third-order valence-corrected chi connectivity index (χ3v) is 3.57. The first kappa shape index (κ1) is 17.0. The van der Waals surface area contributed by atoms with Crippen molar-refractivity contribution < 1.29 is 4.74 Å². The molecule has 0 aliphatic heterocycles.